The molecule has 6 heteroatoms. The first-order valence-corrected chi connectivity index (χ1v) is 8.34. The number of rotatable bonds is 4. The maximum Gasteiger partial charge on any atom is 0.162 e. The second kappa shape index (κ2) is 6.22. The molecule has 0 saturated heterocycles. The Hall–Kier alpha value is -3.28. The predicted molar refractivity (Wildman–Crippen MR) is 104 cm³/mol. The number of aromatic amines is 1. The summed E-state index contributed by atoms with van der Waals surface area (Å²) in [6.45, 7) is 4.19. The van der Waals surface area contributed by atoms with Crippen LogP contribution < -0.4 is 14.8 Å². The number of anilines is 2. The zero-order chi connectivity index (χ0) is 18.3. The number of nitrogens with zero attached hydrogens (tertiary/aromatic N) is 2. The second-order valence-electron chi connectivity index (χ2n) is 6.20. The molecule has 0 spiro atoms. The van der Waals surface area contributed by atoms with Crippen molar-refractivity contribution in [1.82, 2.24) is 15.0 Å². The van der Waals surface area contributed by atoms with Gasteiger partial charge in [-0.1, -0.05) is 12.1 Å². The van der Waals surface area contributed by atoms with E-state index in [1.165, 1.54) is 11.1 Å². The summed E-state index contributed by atoms with van der Waals surface area (Å²) in [6, 6.07) is 10.0. The number of benzene rings is 2. The molecule has 4 aromatic rings. The summed E-state index contributed by atoms with van der Waals surface area (Å²) in [5.41, 5.74) is 6.05. The van der Waals surface area contributed by atoms with Gasteiger partial charge in [-0.05, 0) is 37.1 Å². The van der Waals surface area contributed by atoms with Gasteiger partial charge in [0.25, 0.3) is 0 Å². The van der Waals surface area contributed by atoms with E-state index in [0.29, 0.717) is 11.5 Å². The molecule has 0 aliphatic carbocycles. The molecule has 0 aliphatic rings. The first-order chi connectivity index (χ1) is 12.6. The third-order valence-electron chi connectivity index (χ3n) is 4.74. The number of fused-ring (bicyclic) bond motifs is 3. The summed E-state index contributed by atoms with van der Waals surface area (Å²) in [4.78, 5) is 12.3. The lowest BCUT2D eigenvalue weighted by Gasteiger charge is -2.11. The Kier molecular flexibility index (Phi) is 3.88. The Balaban J connectivity index is 1.90. The van der Waals surface area contributed by atoms with Gasteiger partial charge in [0.05, 0.1) is 19.7 Å². The summed E-state index contributed by atoms with van der Waals surface area (Å²) in [5, 5.41) is 4.39. The standard InChI is InChI=1S/C20H20N4O2/c1-11-6-5-7-14(12(11)2)24-20-19-18(21-10-22-20)13-8-16(25-3)17(26-4)9-15(13)23-19/h5-10,23H,1-4H3,(H,21,22,24). The molecule has 0 radical (unpaired) electrons. The zero-order valence-corrected chi connectivity index (χ0v) is 15.2. The fourth-order valence-electron chi connectivity index (χ4n) is 3.13. The van der Waals surface area contributed by atoms with Crippen LogP contribution in [0.15, 0.2) is 36.7 Å². The van der Waals surface area contributed by atoms with E-state index in [-0.39, 0.29) is 0 Å². The van der Waals surface area contributed by atoms with Crippen LogP contribution in [0.1, 0.15) is 11.1 Å². The molecule has 0 fully saturated rings. The Morgan fingerprint density at radius 2 is 1.77 bits per heavy atom. The van der Waals surface area contributed by atoms with Gasteiger partial charge >= 0.3 is 0 Å². The number of ether oxygens (including phenoxy) is 2. The van der Waals surface area contributed by atoms with E-state index in [4.69, 9.17) is 9.47 Å². The van der Waals surface area contributed by atoms with Crippen LogP contribution >= 0.6 is 0 Å². The zero-order valence-electron chi connectivity index (χ0n) is 15.2. The van der Waals surface area contributed by atoms with Crippen LogP contribution in [0, 0.1) is 13.8 Å². The lowest BCUT2D eigenvalue weighted by atomic mass is 10.1. The van der Waals surface area contributed by atoms with Crippen molar-refractivity contribution in [3.63, 3.8) is 0 Å². The number of aromatic nitrogens is 3. The quantitative estimate of drug-likeness (QED) is 0.568. The van der Waals surface area contributed by atoms with E-state index in [1.807, 2.05) is 24.3 Å². The fourth-order valence-corrected chi connectivity index (χ4v) is 3.13. The highest BCUT2D eigenvalue weighted by atomic mass is 16.5. The molecule has 2 aromatic heterocycles. The van der Waals surface area contributed by atoms with E-state index >= 15 is 0 Å². The average molecular weight is 348 g/mol. The smallest absolute Gasteiger partial charge is 0.162 e. The normalized spacial score (nSPS) is 11.1. The van der Waals surface area contributed by atoms with Crippen molar-refractivity contribution >= 4 is 33.4 Å². The second-order valence-corrected chi connectivity index (χ2v) is 6.20. The number of nitrogens with one attached hydrogen (secondary N) is 2. The molecule has 0 amide bonds. The maximum atomic E-state index is 5.42. The first-order valence-electron chi connectivity index (χ1n) is 8.34. The molecule has 0 unspecified atom stereocenters. The van der Waals surface area contributed by atoms with Crippen LogP contribution in [0.3, 0.4) is 0 Å². The number of hydrogen-bond acceptors (Lipinski definition) is 5. The van der Waals surface area contributed by atoms with E-state index in [2.05, 4.69) is 40.2 Å². The molecular formula is C20H20N4O2. The molecule has 26 heavy (non-hydrogen) atoms. The topological polar surface area (TPSA) is 72.1 Å². The molecular weight excluding hydrogens is 328 g/mol. The number of methoxy groups -OCH3 is 2. The van der Waals surface area contributed by atoms with Gasteiger partial charge in [0.2, 0.25) is 0 Å². The third kappa shape index (κ3) is 2.50. The number of H-pyrrole nitrogens is 1. The Bertz CT molecular complexity index is 1120. The minimum absolute atomic E-state index is 0.670. The van der Waals surface area contributed by atoms with Gasteiger partial charge in [-0.25, -0.2) is 9.97 Å². The lowest BCUT2D eigenvalue weighted by molar-refractivity contribution is 0.356. The van der Waals surface area contributed by atoms with Gasteiger partial charge in [-0.3, -0.25) is 0 Å². The summed E-state index contributed by atoms with van der Waals surface area (Å²) >= 11 is 0. The molecule has 132 valence electrons. The van der Waals surface area contributed by atoms with Gasteiger partial charge in [-0.15, -0.1) is 0 Å². The molecule has 2 aromatic carbocycles. The van der Waals surface area contributed by atoms with Crippen LogP contribution in [0.2, 0.25) is 0 Å². The van der Waals surface area contributed by atoms with E-state index in [9.17, 15) is 0 Å². The summed E-state index contributed by atoms with van der Waals surface area (Å²) < 4.78 is 10.8. The van der Waals surface area contributed by atoms with Crippen molar-refractivity contribution in [2.24, 2.45) is 0 Å². The van der Waals surface area contributed by atoms with Gasteiger partial charge in [-0.2, -0.15) is 0 Å². The molecule has 0 saturated carbocycles. The van der Waals surface area contributed by atoms with E-state index < -0.39 is 0 Å². The minimum Gasteiger partial charge on any atom is -0.493 e. The highest BCUT2D eigenvalue weighted by Crippen LogP contribution is 2.36. The van der Waals surface area contributed by atoms with Crippen LogP contribution in [0.5, 0.6) is 11.5 Å². The summed E-state index contributed by atoms with van der Waals surface area (Å²) in [7, 11) is 3.25. The van der Waals surface area contributed by atoms with Crippen molar-refractivity contribution in [3.8, 4) is 11.5 Å². The maximum absolute atomic E-state index is 5.42. The van der Waals surface area contributed by atoms with Crippen LogP contribution in [-0.2, 0) is 0 Å². The fraction of sp³-hybridized carbons (Fsp3) is 0.200. The highest BCUT2D eigenvalue weighted by Gasteiger charge is 2.15. The SMILES string of the molecule is COc1cc2[nH]c3c(Nc4cccc(C)c4C)ncnc3c2cc1OC. The molecule has 2 heterocycles. The third-order valence-corrected chi connectivity index (χ3v) is 4.74. The molecule has 0 atom stereocenters. The van der Waals surface area contributed by atoms with Crippen molar-refractivity contribution in [3.05, 3.63) is 47.8 Å². The lowest BCUT2D eigenvalue weighted by Crippen LogP contribution is -1.98. The van der Waals surface area contributed by atoms with E-state index in [1.54, 1.807) is 20.5 Å². The van der Waals surface area contributed by atoms with Gasteiger partial charge in [0.15, 0.2) is 17.3 Å². The van der Waals surface area contributed by atoms with Crippen molar-refractivity contribution in [2.45, 2.75) is 13.8 Å². The largest absolute Gasteiger partial charge is 0.493 e. The summed E-state index contributed by atoms with van der Waals surface area (Å²) in [5.74, 6) is 2.07. The molecule has 6 nitrogen and oxygen atoms in total. The van der Waals surface area contributed by atoms with Gasteiger partial charge in [0, 0.05) is 17.1 Å². The Labute approximate surface area is 151 Å². The average Bonchev–Trinajstić information content (AvgIpc) is 3.02. The van der Waals surface area contributed by atoms with Gasteiger partial charge < -0.3 is 19.8 Å². The van der Waals surface area contributed by atoms with Crippen LogP contribution in [0.4, 0.5) is 11.5 Å². The molecule has 2 N–H and O–H groups in total. The predicted octanol–water partition coefficient (Wildman–Crippen LogP) is 4.49. The van der Waals surface area contributed by atoms with Crippen LogP contribution in [0.25, 0.3) is 21.9 Å². The van der Waals surface area contributed by atoms with Crippen molar-refractivity contribution < 1.29 is 9.47 Å². The summed E-state index contributed by atoms with van der Waals surface area (Å²) in [6.07, 6.45) is 1.57. The Morgan fingerprint density at radius 1 is 1.00 bits per heavy atom. The molecule has 0 aliphatic heterocycles. The number of aryl methyl sites for hydroxylation is 1. The molecule has 0 bridgehead atoms. The van der Waals surface area contributed by atoms with Crippen molar-refractivity contribution in [2.75, 3.05) is 19.5 Å². The number of hydrogen-bond donors (Lipinski definition) is 2. The van der Waals surface area contributed by atoms with E-state index in [0.717, 1.165) is 33.4 Å². The van der Waals surface area contributed by atoms with Gasteiger partial charge in [0.1, 0.15) is 17.4 Å². The highest BCUT2D eigenvalue weighted by molar-refractivity contribution is 6.09. The molecule has 4 rings (SSSR count). The Morgan fingerprint density at radius 3 is 2.54 bits per heavy atom. The monoisotopic (exact) mass is 348 g/mol. The minimum atomic E-state index is 0.670. The van der Waals surface area contributed by atoms with Crippen molar-refractivity contribution in [1.29, 1.82) is 0 Å². The first kappa shape index (κ1) is 16.2. The van der Waals surface area contributed by atoms with Crippen LogP contribution in [-0.4, -0.2) is 29.2 Å².